The fourth-order valence-corrected chi connectivity index (χ4v) is 3.64. The van der Waals surface area contributed by atoms with Gasteiger partial charge < -0.3 is 9.64 Å². The number of benzene rings is 2. The van der Waals surface area contributed by atoms with Gasteiger partial charge in [0.2, 0.25) is 0 Å². The Morgan fingerprint density at radius 3 is 2.43 bits per heavy atom. The average molecular weight is 375 g/mol. The SMILES string of the molecule is CC(C)n1nc2c(c1-c1ccccc1)CN(C(=O)COc1ccccc1)CC2. The third kappa shape index (κ3) is 3.65. The van der Waals surface area contributed by atoms with E-state index in [9.17, 15) is 4.79 Å². The fraction of sp³-hybridized carbons (Fsp3) is 0.304. The third-order valence-electron chi connectivity index (χ3n) is 5.05. The van der Waals surface area contributed by atoms with E-state index in [-0.39, 0.29) is 18.6 Å². The molecule has 2 heterocycles. The molecule has 0 N–H and O–H groups in total. The molecule has 28 heavy (non-hydrogen) atoms. The van der Waals surface area contributed by atoms with Crippen LogP contribution in [0.15, 0.2) is 60.7 Å². The van der Waals surface area contributed by atoms with Gasteiger partial charge in [-0.3, -0.25) is 9.48 Å². The molecule has 0 fully saturated rings. The molecule has 4 rings (SSSR count). The molecular formula is C23H25N3O2. The highest BCUT2D eigenvalue weighted by molar-refractivity contribution is 5.78. The second-order valence-corrected chi connectivity index (χ2v) is 7.35. The number of fused-ring (bicyclic) bond motifs is 1. The molecule has 0 aliphatic carbocycles. The van der Waals surface area contributed by atoms with Gasteiger partial charge in [-0.05, 0) is 26.0 Å². The smallest absolute Gasteiger partial charge is 0.260 e. The molecule has 1 aromatic heterocycles. The van der Waals surface area contributed by atoms with E-state index in [4.69, 9.17) is 9.84 Å². The van der Waals surface area contributed by atoms with Crippen LogP contribution in [-0.4, -0.2) is 33.7 Å². The van der Waals surface area contributed by atoms with E-state index >= 15 is 0 Å². The topological polar surface area (TPSA) is 47.4 Å². The molecule has 0 saturated heterocycles. The molecule has 5 heteroatoms. The Kier molecular flexibility index (Phi) is 5.15. The molecule has 1 aliphatic heterocycles. The molecule has 0 radical (unpaired) electrons. The van der Waals surface area contributed by atoms with Crippen molar-refractivity contribution >= 4 is 5.91 Å². The largest absolute Gasteiger partial charge is 0.484 e. The fourth-order valence-electron chi connectivity index (χ4n) is 3.64. The van der Waals surface area contributed by atoms with Gasteiger partial charge in [-0.1, -0.05) is 48.5 Å². The van der Waals surface area contributed by atoms with Crippen LogP contribution in [0.25, 0.3) is 11.3 Å². The van der Waals surface area contributed by atoms with Gasteiger partial charge in [0.1, 0.15) is 5.75 Å². The molecule has 0 saturated carbocycles. The zero-order chi connectivity index (χ0) is 19.5. The normalized spacial score (nSPS) is 13.5. The number of nitrogens with zero attached hydrogens (tertiary/aromatic N) is 3. The maximum absolute atomic E-state index is 12.7. The van der Waals surface area contributed by atoms with Crippen molar-refractivity contribution in [3.8, 4) is 17.0 Å². The van der Waals surface area contributed by atoms with Crippen LogP contribution in [0.3, 0.4) is 0 Å². The van der Waals surface area contributed by atoms with E-state index in [1.807, 2.05) is 53.4 Å². The Hall–Kier alpha value is -3.08. The van der Waals surface area contributed by atoms with Crippen LogP contribution < -0.4 is 4.74 Å². The minimum atomic E-state index is 0.00538. The van der Waals surface area contributed by atoms with Crippen molar-refractivity contribution < 1.29 is 9.53 Å². The standard InChI is InChI=1S/C23H25N3O2/c1-17(2)26-23(18-9-5-3-6-10-18)20-15-25(14-13-21(20)24-26)22(27)16-28-19-11-7-4-8-12-19/h3-12,17H,13-16H2,1-2H3. The van der Waals surface area contributed by atoms with Gasteiger partial charge in [0.05, 0.1) is 11.4 Å². The number of rotatable bonds is 5. The van der Waals surface area contributed by atoms with Crippen molar-refractivity contribution in [3.63, 3.8) is 0 Å². The molecule has 0 atom stereocenters. The first-order valence-corrected chi connectivity index (χ1v) is 9.75. The second kappa shape index (κ2) is 7.89. The van der Waals surface area contributed by atoms with Crippen molar-refractivity contribution in [2.75, 3.05) is 13.2 Å². The zero-order valence-corrected chi connectivity index (χ0v) is 16.3. The van der Waals surface area contributed by atoms with Gasteiger partial charge in [0.15, 0.2) is 6.61 Å². The molecule has 1 aliphatic rings. The van der Waals surface area contributed by atoms with Crippen molar-refractivity contribution in [3.05, 3.63) is 71.9 Å². The van der Waals surface area contributed by atoms with Crippen LogP contribution in [0.2, 0.25) is 0 Å². The minimum absolute atomic E-state index is 0.00538. The van der Waals surface area contributed by atoms with Crippen LogP contribution >= 0.6 is 0 Å². The second-order valence-electron chi connectivity index (χ2n) is 7.35. The van der Waals surface area contributed by atoms with Crippen LogP contribution in [0.4, 0.5) is 0 Å². The van der Waals surface area contributed by atoms with Crippen molar-refractivity contribution in [2.24, 2.45) is 0 Å². The number of amides is 1. The summed E-state index contributed by atoms with van der Waals surface area (Å²) in [6.45, 7) is 5.58. The first-order chi connectivity index (χ1) is 13.6. The number of hydrogen-bond acceptors (Lipinski definition) is 3. The summed E-state index contributed by atoms with van der Waals surface area (Å²) in [7, 11) is 0. The van der Waals surface area contributed by atoms with Crippen LogP contribution in [0.5, 0.6) is 5.75 Å². The zero-order valence-electron chi connectivity index (χ0n) is 16.3. The number of aromatic nitrogens is 2. The quantitative estimate of drug-likeness (QED) is 0.675. The van der Waals surface area contributed by atoms with Crippen molar-refractivity contribution in [1.82, 2.24) is 14.7 Å². The van der Waals surface area contributed by atoms with Gasteiger partial charge in [-0.15, -0.1) is 0 Å². The van der Waals surface area contributed by atoms with E-state index in [0.717, 1.165) is 28.9 Å². The summed E-state index contributed by atoms with van der Waals surface area (Å²) in [5.74, 6) is 0.719. The summed E-state index contributed by atoms with van der Waals surface area (Å²) in [4.78, 5) is 14.6. The first kappa shape index (κ1) is 18.3. The molecule has 144 valence electrons. The summed E-state index contributed by atoms with van der Waals surface area (Å²) in [6, 6.07) is 20.0. The number of carbonyl (C=O) groups excluding carboxylic acids is 1. The highest BCUT2D eigenvalue weighted by atomic mass is 16.5. The monoisotopic (exact) mass is 375 g/mol. The lowest BCUT2D eigenvalue weighted by Gasteiger charge is -2.27. The van der Waals surface area contributed by atoms with E-state index in [1.165, 1.54) is 0 Å². The third-order valence-corrected chi connectivity index (χ3v) is 5.05. The molecule has 0 bridgehead atoms. The highest BCUT2D eigenvalue weighted by Crippen LogP contribution is 2.32. The van der Waals surface area contributed by atoms with E-state index in [0.29, 0.717) is 18.8 Å². The highest BCUT2D eigenvalue weighted by Gasteiger charge is 2.28. The van der Waals surface area contributed by atoms with Gasteiger partial charge in [0, 0.05) is 36.7 Å². The Bertz CT molecular complexity index is 949. The van der Waals surface area contributed by atoms with E-state index in [2.05, 4.69) is 30.7 Å². The molecular weight excluding hydrogens is 350 g/mol. The van der Waals surface area contributed by atoms with E-state index in [1.54, 1.807) is 0 Å². The Labute approximate surface area is 165 Å². The van der Waals surface area contributed by atoms with Gasteiger partial charge in [-0.25, -0.2) is 0 Å². The lowest BCUT2D eigenvalue weighted by Crippen LogP contribution is -2.38. The summed E-state index contributed by atoms with van der Waals surface area (Å²) < 4.78 is 7.75. The predicted molar refractivity (Wildman–Crippen MR) is 109 cm³/mol. The molecule has 5 nitrogen and oxygen atoms in total. The van der Waals surface area contributed by atoms with Crippen LogP contribution in [0, 0.1) is 0 Å². The van der Waals surface area contributed by atoms with Gasteiger partial charge in [-0.2, -0.15) is 5.10 Å². The van der Waals surface area contributed by atoms with E-state index < -0.39 is 0 Å². The first-order valence-electron chi connectivity index (χ1n) is 9.75. The summed E-state index contributed by atoms with van der Waals surface area (Å²) in [6.07, 6.45) is 0.770. The summed E-state index contributed by atoms with van der Waals surface area (Å²) >= 11 is 0. The molecule has 0 unspecified atom stereocenters. The maximum atomic E-state index is 12.7. The van der Waals surface area contributed by atoms with Crippen molar-refractivity contribution in [1.29, 1.82) is 0 Å². The van der Waals surface area contributed by atoms with Crippen molar-refractivity contribution in [2.45, 2.75) is 32.9 Å². The Morgan fingerprint density at radius 1 is 1.07 bits per heavy atom. The minimum Gasteiger partial charge on any atom is -0.484 e. The summed E-state index contributed by atoms with van der Waals surface area (Å²) in [5.41, 5.74) is 4.51. The molecule has 3 aromatic rings. The molecule has 1 amide bonds. The predicted octanol–water partition coefficient (Wildman–Crippen LogP) is 4.09. The summed E-state index contributed by atoms with van der Waals surface area (Å²) in [5, 5.41) is 4.86. The lowest BCUT2D eigenvalue weighted by atomic mass is 10.0. The number of ether oxygens (including phenoxy) is 1. The van der Waals surface area contributed by atoms with Crippen LogP contribution in [0.1, 0.15) is 31.1 Å². The van der Waals surface area contributed by atoms with Crippen LogP contribution in [-0.2, 0) is 17.8 Å². The molecule has 0 spiro atoms. The number of hydrogen-bond donors (Lipinski definition) is 0. The molecule has 2 aromatic carbocycles. The number of carbonyl (C=O) groups is 1. The average Bonchev–Trinajstić information content (AvgIpc) is 3.12. The Morgan fingerprint density at radius 2 is 1.75 bits per heavy atom. The lowest BCUT2D eigenvalue weighted by molar-refractivity contribution is -0.134. The Balaban J connectivity index is 1.56. The number of para-hydroxylation sites is 1. The maximum Gasteiger partial charge on any atom is 0.260 e. The van der Waals surface area contributed by atoms with Gasteiger partial charge >= 0.3 is 0 Å². The van der Waals surface area contributed by atoms with Gasteiger partial charge in [0.25, 0.3) is 5.91 Å².